The molecular formula is C8H19NO6P2S2. The summed E-state index contributed by atoms with van der Waals surface area (Å²) in [6.07, 6.45) is 1.14. The maximum atomic E-state index is 7.56. The minimum absolute atomic E-state index is 0. The molecule has 1 rings (SSSR count). The molecule has 0 saturated heterocycles. The first-order valence-electron chi connectivity index (χ1n) is 4.54. The van der Waals surface area contributed by atoms with E-state index in [-0.39, 0.29) is 6.15 Å². The lowest BCUT2D eigenvalue weighted by atomic mass is 10.2. The van der Waals surface area contributed by atoms with Crippen molar-refractivity contribution in [3.63, 3.8) is 0 Å². The van der Waals surface area contributed by atoms with Crippen LogP contribution in [0.2, 0.25) is 0 Å². The quantitative estimate of drug-likeness (QED) is 0.363. The fourth-order valence-corrected chi connectivity index (χ4v) is 0.714. The Kier molecular flexibility index (Phi) is 15.4. The second-order valence-corrected chi connectivity index (χ2v) is 7.86. The van der Waals surface area contributed by atoms with Crippen LogP contribution in [0.4, 0.5) is 0 Å². The summed E-state index contributed by atoms with van der Waals surface area (Å²) >= 11 is 7.21. The minimum Gasteiger partial charge on any atom is -0.344 e. The van der Waals surface area contributed by atoms with Crippen LogP contribution in [-0.2, 0) is 30.0 Å². The van der Waals surface area contributed by atoms with Gasteiger partial charge in [-0.25, -0.2) is 0 Å². The molecule has 1 aromatic rings. The van der Waals surface area contributed by atoms with E-state index in [1.165, 1.54) is 5.56 Å². The summed E-state index contributed by atoms with van der Waals surface area (Å²) in [6.45, 7) is -5.45. The molecule has 19 heavy (non-hydrogen) atoms. The zero-order valence-electron chi connectivity index (χ0n) is 10.2. The number of rotatable bonds is 1. The van der Waals surface area contributed by atoms with Crippen molar-refractivity contribution in [3.05, 3.63) is 35.9 Å². The summed E-state index contributed by atoms with van der Waals surface area (Å²) in [4.78, 5) is 45.3. The highest BCUT2D eigenvalue weighted by Crippen LogP contribution is 2.26. The molecule has 0 aliphatic carbocycles. The van der Waals surface area contributed by atoms with Crippen LogP contribution >= 0.6 is 13.4 Å². The van der Waals surface area contributed by atoms with Crippen LogP contribution in [0, 0.1) is 0 Å². The van der Waals surface area contributed by atoms with Gasteiger partial charge < -0.3 is 35.5 Å². The normalized spacial score (nSPS) is 10.1. The standard InChI is InChI=1S/C8H10.H3N.2H3O3PS/c1-2-8-6-4-3-5-7-8;;2*1-4(2,3)5/h3-7H,2H2,1H3;1H3;2*(H3,1,2,3,5). The lowest BCUT2D eigenvalue weighted by Crippen LogP contribution is -1.73. The molecule has 0 radical (unpaired) electrons. The molecule has 0 fully saturated rings. The van der Waals surface area contributed by atoms with Crippen LogP contribution in [0.5, 0.6) is 0 Å². The zero-order valence-corrected chi connectivity index (χ0v) is 13.6. The van der Waals surface area contributed by atoms with Crippen molar-refractivity contribution in [1.29, 1.82) is 0 Å². The van der Waals surface area contributed by atoms with Gasteiger partial charge in [0.1, 0.15) is 0 Å². The highest BCUT2D eigenvalue weighted by molar-refractivity contribution is 8.06. The average Bonchev–Trinajstić information content (AvgIpc) is 2.14. The molecule has 7 nitrogen and oxygen atoms in total. The van der Waals surface area contributed by atoms with Crippen LogP contribution in [0.3, 0.4) is 0 Å². The summed E-state index contributed by atoms with van der Waals surface area (Å²) in [5.74, 6) is 0. The first-order valence-corrected chi connectivity index (χ1v) is 9.86. The number of hydrogen-bond donors (Lipinski definition) is 7. The maximum absolute atomic E-state index is 7.56. The summed E-state index contributed by atoms with van der Waals surface area (Å²) in [5, 5.41) is 0. The summed E-state index contributed by atoms with van der Waals surface area (Å²) in [7, 11) is 0. The van der Waals surface area contributed by atoms with Crippen molar-refractivity contribution < 1.29 is 29.4 Å². The van der Waals surface area contributed by atoms with Gasteiger partial charge in [-0.3, -0.25) is 0 Å². The summed E-state index contributed by atoms with van der Waals surface area (Å²) < 4.78 is 0. The number of hydrogen-bond acceptors (Lipinski definition) is 3. The Labute approximate surface area is 122 Å². The molecule has 0 saturated carbocycles. The molecule has 0 aromatic heterocycles. The molecule has 0 unspecified atom stereocenters. The van der Waals surface area contributed by atoms with E-state index < -0.39 is 13.4 Å². The molecule has 0 aliphatic rings. The molecule has 0 amide bonds. The molecule has 0 spiro atoms. The smallest absolute Gasteiger partial charge is 0.319 e. The molecular weight excluding hydrogens is 332 g/mol. The SMILES string of the molecule is CCc1ccccc1.N.OP(O)(O)=S.OP(O)(O)=S. The van der Waals surface area contributed by atoms with Crippen LogP contribution < -0.4 is 6.15 Å². The average molecular weight is 351 g/mol. The van der Waals surface area contributed by atoms with Crippen molar-refractivity contribution in [3.8, 4) is 0 Å². The summed E-state index contributed by atoms with van der Waals surface area (Å²) in [5.41, 5.74) is 1.41. The van der Waals surface area contributed by atoms with Crippen molar-refractivity contribution in [2.75, 3.05) is 0 Å². The van der Waals surface area contributed by atoms with Crippen molar-refractivity contribution >= 4 is 37.1 Å². The lowest BCUT2D eigenvalue weighted by Gasteiger charge is -1.89. The highest BCUT2D eigenvalue weighted by atomic mass is 32.5. The van der Waals surface area contributed by atoms with Gasteiger partial charge in [-0.2, -0.15) is 0 Å². The maximum Gasteiger partial charge on any atom is 0.319 e. The number of benzene rings is 1. The predicted molar refractivity (Wildman–Crippen MR) is 82.7 cm³/mol. The molecule has 114 valence electrons. The van der Waals surface area contributed by atoms with Gasteiger partial charge in [0.05, 0.1) is 0 Å². The van der Waals surface area contributed by atoms with E-state index in [1.54, 1.807) is 0 Å². The van der Waals surface area contributed by atoms with E-state index in [4.69, 9.17) is 29.4 Å². The first-order chi connectivity index (χ1) is 7.93. The molecule has 0 bridgehead atoms. The zero-order chi connectivity index (χ0) is 14.8. The minimum atomic E-state index is -3.81. The highest BCUT2D eigenvalue weighted by Gasteiger charge is 1.92. The van der Waals surface area contributed by atoms with E-state index in [0.717, 1.165) is 6.42 Å². The van der Waals surface area contributed by atoms with Crippen LogP contribution in [-0.4, -0.2) is 29.4 Å². The lowest BCUT2D eigenvalue weighted by molar-refractivity contribution is 0.361. The van der Waals surface area contributed by atoms with Gasteiger partial charge in [0.15, 0.2) is 0 Å². The van der Waals surface area contributed by atoms with Crippen LogP contribution in [0.15, 0.2) is 30.3 Å². The van der Waals surface area contributed by atoms with Gasteiger partial charge in [-0.05, 0) is 35.6 Å². The van der Waals surface area contributed by atoms with Gasteiger partial charge in [-0.15, -0.1) is 0 Å². The van der Waals surface area contributed by atoms with E-state index in [0.29, 0.717) is 0 Å². The van der Waals surface area contributed by atoms with E-state index in [2.05, 4.69) is 54.8 Å². The second kappa shape index (κ2) is 12.0. The monoisotopic (exact) mass is 351 g/mol. The van der Waals surface area contributed by atoms with E-state index in [9.17, 15) is 0 Å². The Balaban J connectivity index is -0.000000208. The Hall–Kier alpha value is 0.240. The van der Waals surface area contributed by atoms with E-state index >= 15 is 0 Å². The van der Waals surface area contributed by atoms with Crippen LogP contribution in [0.25, 0.3) is 0 Å². The largest absolute Gasteiger partial charge is 0.344 e. The van der Waals surface area contributed by atoms with Crippen molar-refractivity contribution in [2.24, 2.45) is 0 Å². The van der Waals surface area contributed by atoms with Crippen molar-refractivity contribution in [2.45, 2.75) is 13.3 Å². The Morgan fingerprint density at radius 2 is 1.11 bits per heavy atom. The molecule has 1 aromatic carbocycles. The third-order valence-electron chi connectivity index (χ3n) is 1.25. The van der Waals surface area contributed by atoms with Gasteiger partial charge in [0, 0.05) is 0 Å². The van der Waals surface area contributed by atoms with Gasteiger partial charge in [0.25, 0.3) is 0 Å². The fraction of sp³-hybridized carbons (Fsp3) is 0.250. The Morgan fingerprint density at radius 1 is 0.842 bits per heavy atom. The van der Waals surface area contributed by atoms with Crippen LogP contribution in [0.1, 0.15) is 12.5 Å². The molecule has 11 heteroatoms. The first kappa shape index (κ1) is 24.3. The Morgan fingerprint density at radius 3 is 1.26 bits per heavy atom. The van der Waals surface area contributed by atoms with Gasteiger partial charge in [0.2, 0.25) is 0 Å². The van der Waals surface area contributed by atoms with Crippen molar-refractivity contribution in [1.82, 2.24) is 6.15 Å². The molecule has 0 heterocycles. The molecule has 0 aliphatic heterocycles. The summed E-state index contributed by atoms with van der Waals surface area (Å²) in [6, 6.07) is 10.5. The third kappa shape index (κ3) is 45.9. The number of aryl methyl sites for hydroxylation is 1. The fourth-order valence-electron chi connectivity index (χ4n) is 0.714. The molecule has 9 N–H and O–H groups in total. The predicted octanol–water partition coefficient (Wildman–Crippen LogP) is 0.787. The van der Waals surface area contributed by atoms with Gasteiger partial charge >= 0.3 is 13.4 Å². The Bertz CT molecular complexity index is 370. The molecule has 0 atom stereocenters. The topological polar surface area (TPSA) is 156 Å². The van der Waals surface area contributed by atoms with Gasteiger partial charge in [-0.1, -0.05) is 37.3 Å². The second-order valence-electron chi connectivity index (χ2n) is 2.87. The van der Waals surface area contributed by atoms with E-state index in [1.807, 2.05) is 6.07 Å². The third-order valence-corrected chi connectivity index (χ3v) is 1.25.